The van der Waals surface area contributed by atoms with E-state index in [1.807, 2.05) is 30.3 Å². The van der Waals surface area contributed by atoms with Crippen molar-refractivity contribution >= 4 is 39.3 Å². The Morgan fingerprint density at radius 2 is 1.88 bits per heavy atom. The second kappa shape index (κ2) is 8.78. The highest BCUT2D eigenvalue weighted by Gasteiger charge is 2.47. The van der Waals surface area contributed by atoms with Gasteiger partial charge in [-0.2, -0.15) is 18.3 Å². The first kappa shape index (κ1) is 22.7. The maximum Gasteiger partial charge on any atom is 0.410 e. The van der Waals surface area contributed by atoms with Crippen molar-refractivity contribution in [2.75, 3.05) is 5.32 Å². The lowest BCUT2D eigenvalue weighted by molar-refractivity contribution is -0.173. The van der Waals surface area contributed by atoms with Crippen molar-refractivity contribution in [3.63, 3.8) is 0 Å². The number of halogens is 5. The van der Waals surface area contributed by atoms with Gasteiger partial charge in [-0.25, -0.2) is 4.68 Å². The number of anilines is 1. The van der Waals surface area contributed by atoms with Crippen molar-refractivity contribution in [1.29, 1.82) is 0 Å². The summed E-state index contributed by atoms with van der Waals surface area (Å²) in [6, 6.07) is 13.3. The molecule has 3 aromatic rings. The van der Waals surface area contributed by atoms with Crippen molar-refractivity contribution in [2.24, 2.45) is 0 Å². The summed E-state index contributed by atoms with van der Waals surface area (Å²) >= 11 is 9.70. The van der Waals surface area contributed by atoms with Crippen molar-refractivity contribution < 1.29 is 18.0 Å². The molecule has 2 aromatic carbocycles. The number of alkyl halides is 3. The fourth-order valence-corrected chi connectivity index (χ4v) is 4.27. The molecule has 2 heterocycles. The first-order valence-electron chi connectivity index (χ1n) is 9.87. The Bertz CT molecular complexity index is 1120. The number of nitrogens with one attached hydrogen (secondary N) is 2. The number of aromatic nitrogens is 2. The Kier molecular flexibility index (Phi) is 6.22. The third-order valence-corrected chi connectivity index (χ3v) is 6.32. The lowest BCUT2D eigenvalue weighted by atomic mass is 9.97. The molecule has 2 N–H and O–H groups in total. The minimum Gasteiger partial charge on any atom is -0.362 e. The second-order valence-corrected chi connectivity index (χ2v) is 8.90. The average molecular weight is 528 g/mol. The van der Waals surface area contributed by atoms with Gasteiger partial charge in [0.1, 0.15) is 10.8 Å². The van der Waals surface area contributed by atoms with Gasteiger partial charge >= 0.3 is 6.18 Å². The van der Waals surface area contributed by atoms with E-state index in [1.54, 1.807) is 31.2 Å². The average Bonchev–Trinajstić information content (AvgIpc) is 3.10. The molecule has 32 heavy (non-hydrogen) atoms. The number of carbonyl (C=O) groups excluding carboxylic acids is 1. The van der Waals surface area contributed by atoms with E-state index in [4.69, 9.17) is 11.6 Å². The SMILES string of the molecule is CC(NC(=O)c1nn2c(c1Cl)NC(c1ccc(Br)cc1)CC2C(F)(F)F)c1ccccc1. The smallest absolute Gasteiger partial charge is 0.362 e. The van der Waals surface area contributed by atoms with Gasteiger partial charge in [-0.05, 0) is 30.2 Å². The van der Waals surface area contributed by atoms with Gasteiger partial charge in [-0.15, -0.1) is 0 Å². The predicted molar refractivity (Wildman–Crippen MR) is 120 cm³/mol. The van der Waals surface area contributed by atoms with E-state index in [2.05, 4.69) is 31.7 Å². The molecule has 1 aromatic heterocycles. The quantitative estimate of drug-likeness (QED) is 0.410. The molecule has 0 fully saturated rings. The van der Waals surface area contributed by atoms with E-state index < -0.39 is 24.2 Å². The number of fused-ring (bicyclic) bond motifs is 1. The van der Waals surface area contributed by atoms with Crippen LogP contribution in [0, 0.1) is 0 Å². The van der Waals surface area contributed by atoms with Gasteiger partial charge in [0, 0.05) is 10.9 Å². The van der Waals surface area contributed by atoms with Crippen LogP contribution >= 0.6 is 27.5 Å². The Morgan fingerprint density at radius 3 is 2.50 bits per heavy atom. The summed E-state index contributed by atoms with van der Waals surface area (Å²) in [4.78, 5) is 12.8. The lowest BCUT2D eigenvalue weighted by Gasteiger charge is -2.33. The van der Waals surface area contributed by atoms with Crippen LogP contribution in [-0.4, -0.2) is 21.9 Å². The van der Waals surface area contributed by atoms with Gasteiger partial charge in [-0.1, -0.05) is 70.0 Å². The van der Waals surface area contributed by atoms with Crippen molar-refractivity contribution in [1.82, 2.24) is 15.1 Å². The molecule has 4 rings (SSSR count). The van der Waals surface area contributed by atoms with Gasteiger partial charge in [0.15, 0.2) is 11.7 Å². The van der Waals surface area contributed by atoms with Crippen LogP contribution in [0.5, 0.6) is 0 Å². The fraction of sp³-hybridized carbons (Fsp3) is 0.273. The second-order valence-electron chi connectivity index (χ2n) is 7.60. The minimum atomic E-state index is -4.56. The number of nitrogens with zero attached hydrogens (tertiary/aromatic N) is 2. The van der Waals surface area contributed by atoms with E-state index in [0.717, 1.165) is 14.7 Å². The number of hydrogen-bond acceptors (Lipinski definition) is 3. The zero-order valence-corrected chi connectivity index (χ0v) is 19.2. The largest absolute Gasteiger partial charge is 0.410 e. The van der Waals surface area contributed by atoms with Crippen LogP contribution < -0.4 is 10.6 Å². The molecule has 1 amide bonds. The van der Waals surface area contributed by atoms with Gasteiger partial charge < -0.3 is 10.6 Å². The minimum absolute atomic E-state index is 0.0225. The molecule has 3 atom stereocenters. The van der Waals surface area contributed by atoms with Gasteiger partial charge in [-0.3, -0.25) is 4.79 Å². The Hall–Kier alpha value is -2.52. The summed E-state index contributed by atoms with van der Waals surface area (Å²) in [7, 11) is 0. The zero-order chi connectivity index (χ0) is 23.0. The fourth-order valence-electron chi connectivity index (χ4n) is 3.74. The molecule has 1 aliphatic rings. The van der Waals surface area contributed by atoms with Crippen LogP contribution in [0.15, 0.2) is 59.1 Å². The Balaban J connectivity index is 1.66. The van der Waals surface area contributed by atoms with E-state index in [1.165, 1.54) is 0 Å². The zero-order valence-electron chi connectivity index (χ0n) is 16.8. The monoisotopic (exact) mass is 526 g/mol. The van der Waals surface area contributed by atoms with Crippen LogP contribution in [0.2, 0.25) is 5.02 Å². The number of carbonyl (C=O) groups is 1. The Labute approximate surface area is 196 Å². The maximum atomic E-state index is 13.9. The summed E-state index contributed by atoms with van der Waals surface area (Å²) < 4.78 is 43.3. The summed E-state index contributed by atoms with van der Waals surface area (Å²) in [5.41, 5.74) is 1.28. The lowest BCUT2D eigenvalue weighted by Crippen LogP contribution is -2.36. The van der Waals surface area contributed by atoms with Crippen LogP contribution in [0.3, 0.4) is 0 Å². The summed E-state index contributed by atoms with van der Waals surface area (Å²) in [6.45, 7) is 1.78. The third kappa shape index (κ3) is 4.49. The molecule has 0 spiro atoms. The summed E-state index contributed by atoms with van der Waals surface area (Å²) in [6.07, 6.45) is -4.84. The molecule has 1 aliphatic heterocycles. The normalized spacial score (nSPS) is 19.1. The number of rotatable bonds is 4. The van der Waals surface area contributed by atoms with Crippen molar-refractivity contribution in [3.8, 4) is 0 Å². The molecule has 5 nitrogen and oxygen atoms in total. The van der Waals surface area contributed by atoms with Crippen LogP contribution in [0.25, 0.3) is 0 Å². The Morgan fingerprint density at radius 1 is 1.22 bits per heavy atom. The van der Waals surface area contributed by atoms with Gasteiger partial charge in [0.05, 0.1) is 12.1 Å². The molecular weight excluding hydrogens is 509 g/mol. The molecule has 0 saturated heterocycles. The van der Waals surface area contributed by atoms with Crippen LogP contribution in [-0.2, 0) is 0 Å². The maximum absolute atomic E-state index is 13.9. The third-order valence-electron chi connectivity index (χ3n) is 5.43. The topological polar surface area (TPSA) is 59.0 Å². The van der Waals surface area contributed by atoms with Crippen LogP contribution in [0.1, 0.15) is 53.1 Å². The van der Waals surface area contributed by atoms with Gasteiger partial charge in [0.2, 0.25) is 0 Å². The first-order valence-corrected chi connectivity index (χ1v) is 11.0. The van der Waals surface area contributed by atoms with E-state index in [9.17, 15) is 18.0 Å². The van der Waals surface area contributed by atoms with Crippen molar-refractivity contribution in [2.45, 2.75) is 37.6 Å². The molecular formula is C22H19BrClF3N4O. The van der Waals surface area contributed by atoms with E-state index >= 15 is 0 Å². The van der Waals surface area contributed by atoms with Crippen molar-refractivity contribution in [3.05, 3.63) is 80.9 Å². The van der Waals surface area contributed by atoms with E-state index in [-0.39, 0.29) is 29.0 Å². The number of amides is 1. The number of hydrogen-bond donors (Lipinski definition) is 2. The molecule has 10 heteroatoms. The predicted octanol–water partition coefficient (Wildman–Crippen LogP) is 6.45. The number of benzene rings is 2. The summed E-state index contributed by atoms with van der Waals surface area (Å²) in [5, 5.41) is 9.62. The van der Waals surface area contributed by atoms with Gasteiger partial charge in [0.25, 0.3) is 5.91 Å². The van der Waals surface area contributed by atoms with Crippen LogP contribution in [0.4, 0.5) is 19.0 Å². The van der Waals surface area contributed by atoms with E-state index in [0.29, 0.717) is 5.56 Å². The highest BCUT2D eigenvalue weighted by atomic mass is 79.9. The standard InChI is InChI=1S/C22H19BrClF3N4O/c1-12(13-5-3-2-4-6-13)28-21(32)19-18(24)20-29-16(14-7-9-15(23)10-8-14)11-17(22(25,26)27)31(20)30-19/h2-10,12,16-17,29H,11H2,1H3,(H,28,32). The summed E-state index contributed by atoms with van der Waals surface area (Å²) in [5.74, 6) is -0.665. The molecule has 0 bridgehead atoms. The highest BCUT2D eigenvalue weighted by Crippen LogP contribution is 2.46. The molecule has 168 valence electrons. The highest BCUT2D eigenvalue weighted by molar-refractivity contribution is 9.10. The molecule has 0 saturated carbocycles. The molecule has 0 radical (unpaired) electrons. The first-order chi connectivity index (χ1) is 15.1. The molecule has 0 aliphatic carbocycles. The molecule has 3 unspecified atom stereocenters.